The molecular formula is C23H28N2O4S. The van der Waals surface area contributed by atoms with Gasteiger partial charge in [0.25, 0.3) is 0 Å². The Balaban J connectivity index is 1.60. The fraction of sp³-hybridized carbons (Fsp3) is 0.435. The molecule has 2 heterocycles. The number of para-hydroxylation sites is 1. The molecule has 2 aliphatic rings. The molecule has 2 aliphatic heterocycles. The van der Waals surface area contributed by atoms with Crippen LogP contribution in [0.1, 0.15) is 30.9 Å². The number of carbonyl (C=O) groups is 1. The molecular weight excluding hydrogens is 400 g/mol. The number of benzene rings is 2. The summed E-state index contributed by atoms with van der Waals surface area (Å²) in [5, 5.41) is 0. The van der Waals surface area contributed by atoms with Gasteiger partial charge in [0.15, 0.2) is 0 Å². The number of methoxy groups -OCH3 is 1. The van der Waals surface area contributed by atoms with Gasteiger partial charge in [0, 0.05) is 24.8 Å². The first-order valence-electron chi connectivity index (χ1n) is 10.4. The number of piperidine rings is 1. The highest BCUT2D eigenvalue weighted by molar-refractivity contribution is 7.89. The zero-order valence-electron chi connectivity index (χ0n) is 17.7. The molecule has 0 spiro atoms. The average molecular weight is 429 g/mol. The standard InChI is InChI=1S/C23H28N2O4S/c1-16-10-11-21(29-3)22(13-16)30(27,28)24-12-6-8-19(15-24)23(26)25-17(2)14-18-7-4-5-9-20(18)25/h4-5,7,9-11,13,17,19H,6,8,12,14-15H2,1-3H3/t17-,19-/m0/s1. The molecule has 7 heteroatoms. The molecule has 0 aliphatic carbocycles. The van der Waals surface area contributed by atoms with Gasteiger partial charge in [-0.15, -0.1) is 0 Å². The highest BCUT2D eigenvalue weighted by Crippen LogP contribution is 2.36. The van der Waals surface area contributed by atoms with Gasteiger partial charge < -0.3 is 9.64 Å². The summed E-state index contributed by atoms with van der Waals surface area (Å²) in [7, 11) is -2.28. The molecule has 1 saturated heterocycles. The number of aryl methyl sites for hydroxylation is 1. The predicted octanol–water partition coefficient (Wildman–Crippen LogP) is 3.38. The van der Waals surface area contributed by atoms with Gasteiger partial charge in [-0.25, -0.2) is 8.42 Å². The minimum absolute atomic E-state index is 0.0172. The Morgan fingerprint density at radius 2 is 1.93 bits per heavy atom. The first-order valence-corrected chi connectivity index (χ1v) is 11.8. The van der Waals surface area contributed by atoms with E-state index in [1.165, 1.54) is 17.0 Å². The van der Waals surface area contributed by atoms with Crippen LogP contribution < -0.4 is 9.64 Å². The lowest BCUT2D eigenvalue weighted by atomic mass is 9.97. The van der Waals surface area contributed by atoms with Crippen LogP contribution in [0.5, 0.6) is 5.75 Å². The van der Waals surface area contributed by atoms with Crippen LogP contribution in [0.15, 0.2) is 47.4 Å². The number of rotatable bonds is 4. The third-order valence-corrected chi connectivity index (χ3v) is 8.00. The maximum atomic E-state index is 13.4. The van der Waals surface area contributed by atoms with E-state index in [-0.39, 0.29) is 29.3 Å². The number of carbonyl (C=O) groups excluding carboxylic acids is 1. The van der Waals surface area contributed by atoms with E-state index < -0.39 is 10.0 Å². The Morgan fingerprint density at radius 3 is 2.70 bits per heavy atom. The molecule has 2 atom stereocenters. The van der Waals surface area contributed by atoms with Crippen molar-refractivity contribution < 1.29 is 17.9 Å². The van der Waals surface area contributed by atoms with Gasteiger partial charge in [-0.05, 0) is 62.4 Å². The average Bonchev–Trinajstić information content (AvgIpc) is 3.09. The van der Waals surface area contributed by atoms with Crippen molar-refractivity contribution in [2.24, 2.45) is 5.92 Å². The SMILES string of the molecule is COc1ccc(C)cc1S(=O)(=O)N1CCC[C@H](C(=O)N2c3ccccc3C[C@@H]2C)C1. The molecule has 0 bridgehead atoms. The third kappa shape index (κ3) is 3.61. The molecule has 0 aromatic heterocycles. The van der Waals surface area contributed by atoms with E-state index in [1.807, 2.05) is 43.0 Å². The van der Waals surface area contributed by atoms with Gasteiger partial charge in [-0.2, -0.15) is 4.31 Å². The van der Waals surface area contributed by atoms with Gasteiger partial charge in [0.1, 0.15) is 10.6 Å². The Bertz CT molecular complexity index is 1070. The second kappa shape index (κ2) is 8.04. The fourth-order valence-corrected chi connectivity index (χ4v) is 6.35. The summed E-state index contributed by atoms with van der Waals surface area (Å²) in [5.41, 5.74) is 2.97. The molecule has 1 amide bonds. The summed E-state index contributed by atoms with van der Waals surface area (Å²) in [6, 6.07) is 13.2. The Labute approximate surface area is 178 Å². The summed E-state index contributed by atoms with van der Waals surface area (Å²) in [5.74, 6) is -0.00219. The number of hydrogen-bond donors (Lipinski definition) is 0. The number of nitrogens with zero attached hydrogens (tertiary/aromatic N) is 2. The number of hydrogen-bond acceptors (Lipinski definition) is 4. The molecule has 30 heavy (non-hydrogen) atoms. The summed E-state index contributed by atoms with van der Waals surface area (Å²) < 4.78 is 33.5. The minimum atomic E-state index is -3.75. The topological polar surface area (TPSA) is 66.9 Å². The zero-order valence-corrected chi connectivity index (χ0v) is 18.5. The second-order valence-electron chi connectivity index (χ2n) is 8.25. The van der Waals surface area contributed by atoms with Gasteiger partial charge in [0.2, 0.25) is 15.9 Å². The Morgan fingerprint density at radius 1 is 1.17 bits per heavy atom. The quantitative estimate of drug-likeness (QED) is 0.749. The van der Waals surface area contributed by atoms with E-state index in [9.17, 15) is 13.2 Å². The maximum Gasteiger partial charge on any atom is 0.246 e. The molecule has 0 unspecified atom stereocenters. The first kappa shape index (κ1) is 20.9. The number of ether oxygens (including phenoxy) is 1. The summed E-state index contributed by atoms with van der Waals surface area (Å²) in [6.07, 6.45) is 2.19. The van der Waals surface area contributed by atoms with E-state index in [4.69, 9.17) is 4.74 Å². The smallest absolute Gasteiger partial charge is 0.246 e. The van der Waals surface area contributed by atoms with Crippen molar-refractivity contribution in [2.75, 3.05) is 25.1 Å². The summed E-state index contributed by atoms with van der Waals surface area (Å²) >= 11 is 0. The molecule has 0 radical (unpaired) electrons. The molecule has 0 N–H and O–H groups in total. The normalized spacial score (nSPS) is 22.0. The lowest BCUT2D eigenvalue weighted by molar-refractivity contribution is -0.123. The number of fused-ring (bicyclic) bond motifs is 1. The number of anilines is 1. The van der Waals surface area contributed by atoms with Crippen LogP contribution in [-0.4, -0.2) is 44.9 Å². The van der Waals surface area contributed by atoms with E-state index in [2.05, 4.69) is 6.07 Å². The van der Waals surface area contributed by atoms with Gasteiger partial charge in [-0.3, -0.25) is 4.79 Å². The van der Waals surface area contributed by atoms with E-state index >= 15 is 0 Å². The first-order chi connectivity index (χ1) is 14.3. The van der Waals surface area contributed by atoms with Crippen LogP contribution in [0, 0.1) is 12.8 Å². The van der Waals surface area contributed by atoms with Crippen molar-refractivity contribution in [2.45, 2.75) is 44.0 Å². The molecule has 6 nitrogen and oxygen atoms in total. The Kier molecular flexibility index (Phi) is 5.59. The van der Waals surface area contributed by atoms with E-state index in [0.717, 1.165) is 17.7 Å². The lowest BCUT2D eigenvalue weighted by Gasteiger charge is -2.34. The van der Waals surface area contributed by atoms with Crippen molar-refractivity contribution in [1.82, 2.24) is 4.31 Å². The van der Waals surface area contributed by atoms with Crippen LogP contribution in [0.3, 0.4) is 0 Å². The van der Waals surface area contributed by atoms with Crippen molar-refractivity contribution >= 4 is 21.6 Å². The van der Waals surface area contributed by atoms with Crippen LogP contribution in [0.2, 0.25) is 0 Å². The Hall–Kier alpha value is -2.38. The van der Waals surface area contributed by atoms with Crippen molar-refractivity contribution in [3.05, 3.63) is 53.6 Å². The van der Waals surface area contributed by atoms with Crippen LogP contribution in [0.4, 0.5) is 5.69 Å². The van der Waals surface area contributed by atoms with Gasteiger partial charge in [-0.1, -0.05) is 24.3 Å². The summed E-state index contributed by atoms with van der Waals surface area (Å²) in [6.45, 7) is 4.51. The predicted molar refractivity (Wildman–Crippen MR) is 116 cm³/mol. The van der Waals surface area contributed by atoms with Crippen LogP contribution in [0.25, 0.3) is 0 Å². The third-order valence-electron chi connectivity index (χ3n) is 6.12. The zero-order chi connectivity index (χ0) is 21.5. The summed E-state index contributed by atoms with van der Waals surface area (Å²) in [4.78, 5) is 15.5. The van der Waals surface area contributed by atoms with Crippen molar-refractivity contribution in [3.63, 3.8) is 0 Å². The number of sulfonamides is 1. The van der Waals surface area contributed by atoms with Gasteiger partial charge >= 0.3 is 0 Å². The largest absolute Gasteiger partial charge is 0.495 e. The molecule has 0 saturated carbocycles. The molecule has 1 fully saturated rings. The molecule has 2 aromatic carbocycles. The van der Waals surface area contributed by atoms with Crippen LogP contribution >= 0.6 is 0 Å². The van der Waals surface area contributed by atoms with Crippen molar-refractivity contribution in [1.29, 1.82) is 0 Å². The molecule has 4 rings (SSSR count). The fourth-order valence-electron chi connectivity index (χ4n) is 4.58. The minimum Gasteiger partial charge on any atom is -0.495 e. The van der Waals surface area contributed by atoms with E-state index in [0.29, 0.717) is 25.1 Å². The highest BCUT2D eigenvalue weighted by Gasteiger charge is 2.39. The monoisotopic (exact) mass is 428 g/mol. The molecule has 2 aromatic rings. The second-order valence-corrected chi connectivity index (χ2v) is 10.2. The van der Waals surface area contributed by atoms with Crippen molar-refractivity contribution in [3.8, 4) is 5.75 Å². The lowest BCUT2D eigenvalue weighted by Crippen LogP contribution is -2.48. The number of amides is 1. The maximum absolute atomic E-state index is 13.4. The molecule has 160 valence electrons. The van der Waals surface area contributed by atoms with Crippen LogP contribution in [-0.2, 0) is 21.2 Å². The van der Waals surface area contributed by atoms with E-state index in [1.54, 1.807) is 12.1 Å². The highest BCUT2D eigenvalue weighted by atomic mass is 32.2. The van der Waals surface area contributed by atoms with Gasteiger partial charge in [0.05, 0.1) is 13.0 Å².